The van der Waals surface area contributed by atoms with Crippen molar-refractivity contribution in [2.45, 2.75) is 25.7 Å². The smallest absolute Gasteiger partial charge is 0.305 e. The Morgan fingerprint density at radius 1 is 1.09 bits per heavy atom. The number of ether oxygens (including phenoxy) is 1. The summed E-state index contributed by atoms with van der Waals surface area (Å²) in [5.41, 5.74) is 4.17. The molecule has 0 spiro atoms. The van der Waals surface area contributed by atoms with Gasteiger partial charge in [-0.2, -0.15) is 8.75 Å². The number of fused-ring (bicyclic) bond motifs is 1. The first-order chi connectivity index (χ1) is 11.3. The number of esters is 1. The third-order valence-electron chi connectivity index (χ3n) is 3.82. The monoisotopic (exact) mass is 326 g/mol. The summed E-state index contributed by atoms with van der Waals surface area (Å²) in [7, 11) is 0. The number of rotatable bonds is 6. The molecule has 23 heavy (non-hydrogen) atoms. The molecule has 2 aromatic carbocycles. The Bertz CT molecular complexity index is 786. The summed E-state index contributed by atoms with van der Waals surface area (Å²) in [5, 5.41) is 0. The minimum atomic E-state index is -0.148. The normalized spacial score (nSPS) is 12.2. The zero-order valence-electron chi connectivity index (χ0n) is 12.9. The number of carbonyl (C=O) groups excluding carboxylic acids is 1. The van der Waals surface area contributed by atoms with Crippen LogP contribution in [0.2, 0.25) is 0 Å². The minimum Gasteiger partial charge on any atom is -0.466 e. The average Bonchev–Trinajstić information content (AvgIpc) is 3.04. The SMILES string of the molecule is CCOC(=O)CCC(c1ccccc1)c1ccc2nsnc2c1. The maximum absolute atomic E-state index is 11.7. The van der Waals surface area contributed by atoms with E-state index in [0.717, 1.165) is 16.6 Å². The predicted octanol–water partition coefficient (Wildman–Crippen LogP) is 4.17. The van der Waals surface area contributed by atoms with Gasteiger partial charge in [-0.15, -0.1) is 0 Å². The molecule has 0 aliphatic rings. The topological polar surface area (TPSA) is 52.1 Å². The van der Waals surface area contributed by atoms with Gasteiger partial charge in [-0.1, -0.05) is 36.4 Å². The van der Waals surface area contributed by atoms with Gasteiger partial charge in [-0.3, -0.25) is 4.79 Å². The van der Waals surface area contributed by atoms with E-state index >= 15 is 0 Å². The van der Waals surface area contributed by atoms with Gasteiger partial charge in [0, 0.05) is 12.3 Å². The Morgan fingerprint density at radius 3 is 2.65 bits per heavy atom. The van der Waals surface area contributed by atoms with Crippen LogP contribution in [-0.2, 0) is 9.53 Å². The molecule has 0 bridgehead atoms. The zero-order chi connectivity index (χ0) is 16.1. The number of hydrogen-bond acceptors (Lipinski definition) is 5. The molecule has 5 heteroatoms. The number of hydrogen-bond donors (Lipinski definition) is 0. The van der Waals surface area contributed by atoms with Crippen molar-refractivity contribution in [1.29, 1.82) is 0 Å². The predicted molar refractivity (Wildman–Crippen MR) is 91.6 cm³/mol. The molecule has 0 saturated carbocycles. The van der Waals surface area contributed by atoms with E-state index in [1.807, 2.05) is 31.2 Å². The molecule has 0 fully saturated rings. The van der Waals surface area contributed by atoms with Crippen LogP contribution in [0.15, 0.2) is 48.5 Å². The Morgan fingerprint density at radius 2 is 1.87 bits per heavy atom. The highest BCUT2D eigenvalue weighted by Crippen LogP contribution is 2.31. The molecule has 3 aromatic rings. The Balaban J connectivity index is 1.89. The Labute approximate surface area is 139 Å². The fourth-order valence-electron chi connectivity index (χ4n) is 2.72. The molecule has 1 heterocycles. The molecule has 0 N–H and O–H groups in total. The molecule has 118 valence electrons. The maximum atomic E-state index is 11.7. The van der Waals surface area contributed by atoms with Crippen LogP contribution in [0.1, 0.15) is 36.8 Å². The molecule has 0 saturated heterocycles. The van der Waals surface area contributed by atoms with Crippen molar-refractivity contribution in [3.63, 3.8) is 0 Å². The lowest BCUT2D eigenvalue weighted by Crippen LogP contribution is -2.08. The molecule has 0 radical (unpaired) electrons. The molecule has 1 aromatic heterocycles. The lowest BCUT2D eigenvalue weighted by molar-refractivity contribution is -0.143. The summed E-state index contributed by atoms with van der Waals surface area (Å²) >= 11 is 1.22. The number of benzene rings is 2. The van der Waals surface area contributed by atoms with E-state index in [-0.39, 0.29) is 11.9 Å². The third kappa shape index (κ3) is 3.74. The van der Waals surface area contributed by atoms with Crippen molar-refractivity contribution >= 4 is 28.7 Å². The van der Waals surface area contributed by atoms with E-state index in [4.69, 9.17) is 4.74 Å². The zero-order valence-corrected chi connectivity index (χ0v) is 13.8. The van der Waals surface area contributed by atoms with Crippen LogP contribution in [-0.4, -0.2) is 21.3 Å². The quantitative estimate of drug-likeness (QED) is 0.638. The molecule has 0 aliphatic carbocycles. The van der Waals surface area contributed by atoms with E-state index < -0.39 is 0 Å². The number of aromatic nitrogens is 2. The van der Waals surface area contributed by atoms with E-state index in [1.54, 1.807) is 0 Å². The highest BCUT2D eigenvalue weighted by molar-refractivity contribution is 7.00. The van der Waals surface area contributed by atoms with E-state index in [0.29, 0.717) is 19.4 Å². The van der Waals surface area contributed by atoms with Crippen LogP contribution in [0.5, 0.6) is 0 Å². The van der Waals surface area contributed by atoms with Crippen LogP contribution in [0, 0.1) is 0 Å². The molecule has 1 unspecified atom stereocenters. The highest BCUT2D eigenvalue weighted by Gasteiger charge is 2.17. The number of carbonyl (C=O) groups is 1. The second-order valence-electron chi connectivity index (χ2n) is 5.32. The van der Waals surface area contributed by atoms with Gasteiger partial charge in [0.15, 0.2) is 0 Å². The molecule has 0 aliphatic heterocycles. The van der Waals surface area contributed by atoms with Crippen molar-refractivity contribution < 1.29 is 9.53 Å². The fourth-order valence-corrected chi connectivity index (χ4v) is 3.24. The second-order valence-corrected chi connectivity index (χ2v) is 5.85. The first-order valence-corrected chi connectivity index (χ1v) is 8.43. The summed E-state index contributed by atoms with van der Waals surface area (Å²) in [6, 6.07) is 16.4. The molecular formula is C18H18N2O2S. The van der Waals surface area contributed by atoms with Crippen molar-refractivity contribution in [1.82, 2.24) is 8.75 Å². The van der Waals surface area contributed by atoms with Gasteiger partial charge in [-0.05, 0) is 36.6 Å². The van der Waals surface area contributed by atoms with Gasteiger partial charge in [0.2, 0.25) is 0 Å². The van der Waals surface area contributed by atoms with Gasteiger partial charge >= 0.3 is 5.97 Å². The highest BCUT2D eigenvalue weighted by atomic mass is 32.1. The standard InChI is InChI=1S/C18H18N2O2S/c1-2-22-18(21)11-9-15(13-6-4-3-5-7-13)14-8-10-16-17(12-14)20-23-19-16/h3-8,10,12,15H,2,9,11H2,1H3. The van der Waals surface area contributed by atoms with Crippen LogP contribution in [0.25, 0.3) is 11.0 Å². The second kappa shape index (κ2) is 7.33. The first-order valence-electron chi connectivity index (χ1n) is 7.70. The first kappa shape index (κ1) is 15.6. The van der Waals surface area contributed by atoms with Gasteiger partial charge in [-0.25, -0.2) is 0 Å². The fraction of sp³-hybridized carbons (Fsp3) is 0.278. The van der Waals surface area contributed by atoms with E-state index in [9.17, 15) is 4.79 Å². The van der Waals surface area contributed by atoms with Crippen molar-refractivity contribution in [2.75, 3.05) is 6.61 Å². The van der Waals surface area contributed by atoms with Crippen LogP contribution < -0.4 is 0 Å². The van der Waals surface area contributed by atoms with Gasteiger partial charge < -0.3 is 4.74 Å². The third-order valence-corrected chi connectivity index (χ3v) is 4.38. The lowest BCUT2D eigenvalue weighted by Gasteiger charge is -2.17. The van der Waals surface area contributed by atoms with Gasteiger partial charge in [0.05, 0.1) is 18.3 Å². The maximum Gasteiger partial charge on any atom is 0.305 e. The summed E-state index contributed by atoms with van der Waals surface area (Å²) in [6.45, 7) is 2.25. The van der Waals surface area contributed by atoms with Gasteiger partial charge in [0.25, 0.3) is 0 Å². The summed E-state index contributed by atoms with van der Waals surface area (Å²) in [5.74, 6) is -0.00320. The molecule has 3 rings (SSSR count). The average molecular weight is 326 g/mol. The molecule has 1 atom stereocenters. The lowest BCUT2D eigenvalue weighted by atomic mass is 9.87. The largest absolute Gasteiger partial charge is 0.466 e. The van der Waals surface area contributed by atoms with Gasteiger partial charge in [0.1, 0.15) is 11.0 Å². The summed E-state index contributed by atoms with van der Waals surface area (Å²) < 4.78 is 13.6. The molecular weight excluding hydrogens is 308 g/mol. The van der Waals surface area contributed by atoms with E-state index in [1.165, 1.54) is 17.3 Å². The Hall–Kier alpha value is -2.27. The minimum absolute atomic E-state index is 0.145. The van der Waals surface area contributed by atoms with Crippen LogP contribution in [0.4, 0.5) is 0 Å². The molecule has 0 amide bonds. The van der Waals surface area contributed by atoms with Crippen molar-refractivity contribution in [2.24, 2.45) is 0 Å². The van der Waals surface area contributed by atoms with Crippen LogP contribution >= 0.6 is 11.7 Å². The van der Waals surface area contributed by atoms with E-state index in [2.05, 4.69) is 33.0 Å². The number of nitrogens with zero attached hydrogens (tertiary/aromatic N) is 2. The van der Waals surface area contributed by atoms with Crippen molar-refractivity contribution in [3.8, 4) is 0 Å². The Kier molecular flexibility index (Phi) is 4.98. The summed E-state index contributed by atoms with van der Waals surface area (Å²) in [6.07, 6.45) is 1.12. The van der Waals surface area contributed by atoms with Crippen molar-refractivity contribution in [3.05, 3.63) is 59.7 Å². The van der Waals surface area contributed by atoms with Crippen LogP contribution in [0.3, 0.4) is 0 Å². The summed E-state index contributed by atoms with van der Waals surface area (Å²) in [4.78, 5) is 11.7. The molecule has 4 nitrogen and oxygen atoms in total.